The van der Waals surface area contributed by atoms with Gasteiger partial charge < -0.3 is 0 Å². The molecule has 0 aromatic carbocycles. The van der Waals surface area contributed by atoms with E-state index in [2.05, 4.69) is 62.3 Å². The van der Waals surface area contributed by atoms with Crippen molar-refractivity contribution >= 4 is 0 Å². The summed E-state index contributed by atoms with van der Waals surface area (Å²) in [5, 5.41) is 0. The highest BCUT2D eigenvalue weighted by molar-refractivity contribution is 5.12. The van der Waals surface area contributed by atoms with Gasteiger partial charge in [0.15, 0.2) is 0 Å². The molecule has 0 saturated heterocycles. The van der Waals surface area contributed by atoms with Crippen molar-refractivity contribution in [2.75, 3.05) is 0 Å². The van der Waals surface area contributed by atoms with Crippen molar-refractivity contribution in [3.05, 3.63) is 5.92 Å². The number of hydrogen-bond acceptors (Lipinski definition) is 0. The first kappa shape index (κ1) is 19.0. The third-order valence-electron chi connectivity index (χ3n) is 5.95. The molecule has 0 spiro atoms. The quantitative estimate of drug-likeness (QED) is 0.426. The largest absolute Gasteiger partial charge is 0.0651 e. The molecule has 0 amide bonds. The van der Waals surface area contributed by atoms with Gasteiger partial charge in [0.05, 0.1) is 0 Å². The van der Waals surface area contributed by atoms with Crippen molar-refractivity contribution < 1.29 is 0 Å². The maximum absolute atomic E-state index is 2.50. The Morgan fingerprint density at radius 1 is 1.00 bits per heavy atom. The maximum Gasteiger partial charge on any atom is -0.0162 e. The molecule has 19 heavy (non-hydrogen) atoms. The van der Waals surface area contributed by atoms with Crippen molar-refractivity contribution in [2.24, 2.45) is 22.7 Å². The Labute approximate surface area is 123 Å². The fourth-order valence-corrected chi connectivity index (χ4v) is 3.96. The summed E-state index contributed by atoms with van der Waals surface area (Å²) in [6.45, 7) is 21.7. The van der Waals surface area contributed by atoms with E-state index in [9.17, 15) is 0 Å². The molecule has 0 saturated carbocycles. The van der Waals surface area contributed by atoms with Crippen LogP contribution in [0.4, 0.5) is 0 Å². The lowest BCUT2D eigenvalue weighted by Gasteiger charge is -2.55. The van der Waals surface area contributed by atoms with Crippen molar-refractivity contribution in [2.45, 2.75) is 94.4 Å². The Balaban J connectivity index is 5.58. The third-order valence-corrected chi connectivity index (χ3v) is 5.95. The van der Waals surface area contributed by atoms with Crippen LogP contribution in [0.1, 0.15) is 94.4 Å². The molecule has 2 atom stereocenters. The second-order valence-corrected chi connectivity index (χ2v) is 7.58. The molecule has 0 aliphatic heterocycles. The highest BCUT2D eigenvalue weighted by atomic mass is 14.5. The lowest BCUT2D eigenvalue weighted by atomic mass is 9.50. The average Bonchev–Trinajstić information content (AvgIpc) is 2.37. The smallest absolute Gasteiger partial charge is 0.0162 e. The average molecular weight is 268 g/mol. The molecule has 115 valence electrons. The molecule has 0 aliphatic carbocycles. The van der Waals surface area contributed by atoms with Crippen LogP contribution in [0.5, 0.6) is 0 Å². The van der Waals surface area contributed by atoms with E-state index in [0.29, 0.717) is 10.8 Å². The van der Waals surface area contributed by atoms with Crippen LogP contribution in [0, 0.1) is 28.6 Å². The molecular formula is C19H39. The predicted octanol–water partition coefficient (Wildman–Crippen LogP) is 6.90. The van der Waals surface area contributed by atoms with E-state index in [1.165, 1.54) is 32.1 Å². The van der Waals surface area contributed by atoms with E-state index >= 15 is 0 Å². The Morgan fingerprint density at radius 2 is 1.53 bits per heavy atom. The monoisotopic (exact) mass is 267 g/mol. The van der Waals surface area contributed by atoms with Gasteiger partial charge in [-0.15, -0.1) is 0 Å². The van der Waals surface area contributed by atoms with Crippen LogP contribution >= 0.6 is 0 Å². The van der Waals surface area contributed by atoms with Crippen molar-refractivity contribution in [3.63, 3.8) is 0 Å². The van der Waals surface area contributed by atoms with Crippen molar-refractivity contribution in [1.29, 1.82) is 0 Å². The molecule has 0 aromatic heterocycles. The summed E-state index contributed by atoms with van der Waals surface area (Å²) in [5.41, 5.74) is 0.812. The second kappa shape index (κ2) is 7.70. The van der Waals surface area contributed by atoms with Crippen LogP contribution in [0.2, 0.25) is 0 Å². The van der Waals surface area contributed by atoms with E-state index in [4.69, 9.17) is 0 Å². The zero-order valence-electron chi connectivity index (χ0n) is 15.2. The fraction of sp³-hybridized carbons (Fsp3) is 0.947. The first-order valence-corrected chi connectivity index (χ1v) is 8.52. The zero-order chi connectivity index (χ0) is 15.3. The number of hydrogen-bond donors (Lipinski definition) is 0. The lowest BCUT2D eigenvalue weighted by Crippen LogP contribution is -2.46. The standard InChI is InChI=1S/C19H39/c1-10-16(6)19(17(7)11-2,14-13-15(4)5)18(8,9)12-3/h15-16H,10-14H2,1-9H3. The summed E-state index contributed by atoms with van der Waals surface area (Å²) in [6, 6.07) is 0. The van der Waals surface area contributed by atoms with Gasteiger partial charge in [0.2, 0.25) is 0 Å². The highest BCUT2D eigenvalue weighted by Gasteiger charge is 2.49. The van der Waals surface area contributed by atoms with E-state index < -0.39 is 0 Å². The van der Waals surface area contributed by atoms with Crippen LogP contribution in [0.15, 0.2) is 0 Å². The zero-order valence-corrected chi connectivity index (χ0v) is 15.2. The van der Waals surface area contributed by atoms with Gasteiger partial charge in [-0.2, -0.15) is 0 Å². The van der Waals surface area contributed by atoms with Gasteiger partial charge >= 0.3 is 0 Å². The Kier molecular flexibility index (Phi) is 7.70. The molecule has 0 aromatic rings. The number of rotatable bonds is 9. The SMILES string of the molecule is CC[C](C)C(CCC(C)C)(C(C)CC)C(C)(C)CC. The highest BCUT2D eigenvalue weighted by Crippen LogP contribution is 2.58. The van der Waals surface area contributed by atoms with Crippen LogP contribution in [-0.2, 0) is 0 Å². The molecule has 0 aliphatic rings. The normalized spacial score (nSPS) is 17.8. The molecule has 1 radical (unpaired) electrons. The Bertz CT molecular complexity index is 226. The minimum Gasteiger partial charge on any atom is -0.0651 e. The van der Waals surface area contributed by atoms with Crippen LogP contribution in [0.3, 0.4) is 0 Å². The predicted molar refractivity (Wildman–Crippen MR) is 89.2 cm³/mol. The van der Waals surface area contributed by atoms with E-state index in [1.54, 1.807) is 5.92 Å². The van der Waals surface area contributed by atoms with Gasteiger partial charge in [-0.05, 0) is 41.4 Å². The van der Waals surface area contributed by atoms with Gasteiger partial charge in [0.25, 0.3) is 0 Å². The van der Waals surface area contributed by atoms with Gasteiger partial charge in [-0.3, -0.25) is 0 Å². The molecule has 0 fully saturated rings. The van der Waals surface area contributed by atoms with Gasteiger partial charge in [-0.1, -0.05) is 81.6 Å². The molecule has 0 bridgehead atoms. The fourth-order valence-electron chi connectivity index (χ4n) is 3.96. The summed E-state index contributed by atoms with van der Waals surface area (Å²) < 4.78 is 0. The van der Waals surface area contributed by atoms with E-state index in [0.717, 1.165) is 11.8 Å². The first-order valence-electron chi connectivity index (χ1n) is 8.52. The maximum atomic E-state index is 2.50. The summed E-state index contributed by atoms with van der Waals surface area (Å²) in [5.74, 6) is 3.32. The first-order chi connectivity index (χ1) is 8.69. The molecule has 0 heterocycles. The van der Waals surface area contributed by atoms with E-state index in [1.807, 2.05) is 0 Å². The van der Waals surface area contributed by atoms with Crippen LogP contribution in [0.25, 0.3) is 0 Å². The summed E-state index contributed by atoms with van der Waals surface area (Å²) in [4.78, 5) is 0. The van der Waals surface area contributed by atoms with Crippen LogP contribution in [-0.4, -0.2) is 0 Å². The molecular weight excluding hydrogens is 228 g/mol. The van der Waals surface area contributed by atoms with Gasteiger partial charge in [-0.25, -0.2) is 0 Å². The summed E-state index contributed by atoms with van der Waals surface area (Å²) in [6.07, 6.45) is 6.50. The van der Waals surface area contributed by atoms with Gasteiger partial charge in [0, 0.05) is 0 Å². The molecule has 0 nitrogen and oxygen atoms in total. The van der Waals surface area contributed by atoms with Crippen molar-refractivity contribution in [3.8, 4) is 0 Å². The second-order valence-electron chi connectivity index (χ2n) is 7.58. The minimum absolute atomic E-state index is 0.400. The molecule has 2 unspecified atom stereocenters. The van der Waals surface area contributed by atoms with Gasteiger partial charge in [0.1, 0.15) is 0 Å². The van der Waals surface area contributed by atoms with Crippen LogP contribution < -0.4 is 0 Å². The molecule has 0 N–H and O–H groups in total. The summed E-state index contributed by atoms with van der Waals surface area (Å²) >= 11 is 0. The minimum atomic E-state index is 0.400. The molecule has 0 rings (SSSR count). The Morgan fingerprint density at radius 3 is 1.84 bits per heavy atom. The Hall–Kier alpha value is 0. The lowest BCUT2D eigenvalue weighted by molar-refractivity contribution is 0.00133. The van der Waals surface area contributed by atoms with E-state index in [-0.39, 0.29) is 0 Å². The topological polar surface area (TPSA) is 0 Å². The third kappa shape index (κ3) is 3.99. The summed E-state index contributed by atoms with van der Waals surface area (Å²) in [7, 11) is 0. The molecule has 0 heteroatoms. The van der Waals surface area contributed by atoms with Crippen molar-refractivity contribution in [1.82, 2.24) is 0 Å².